The minimum Gasteiger partial charge on any atom is -0.444 e. The number of amides is 4. The van der Waals surface area contributed by atoms with Gasteiger partial charge in [0.05, 0.1) is 44.2 Å². The molecule has 0 radical (unpaired) electrons. The third kappa shape index (κ3) is 10.4. The Morgan fingerprint density at radius 1 is 0.980 bits per heavy atom. The number of carbonyl (C=O) groups excluding carboxylic acids is 4. The fourth-order valence-corrected chi connectivity index (χ4v) is 6.70. The normalized spacial score (nSPS) is 16.9. The molecule has 2 aliphatic rings. The molecule has 1 aliphatic heterocycles. The molecule has 13 nitrogen and oxygen atoms in total. The van der Waals surface area contributed by atoms with Gasteiger partial charge in [0.15, 0.2) is 5.82 Å². The molecule has 284 valence electrons. The summed E-state index contributed by atoms with van der Waals surface area (Å²) in [6.45, 7) is 11.5. The highest BCUT2D eigenvalue weighted by molar-refractivity contribution is 5.99. The van der Waals surface area contributed by atoms with Crippen molar-refractivity contribution in [2.24, 2.45) is 5.92 Å². The molecule has 1 aromatic heterocycles. The number of carbonyl (C=O) groups is 4. The highest BCUT2D eigenvalue weighted by atomic mass is 19.1. The zero-order valence-electron chi connectivity index (χ0n) is 31.0. The van der Waals surface area contributed by atoms with Gasteiger partial charge in [-0.05, 0) is 71.6 Å². The maximum absolute atomic E-state index is 15.3. The van der Waals surface area contributed by atoms with E-state index < -0.39 is 29.7 Å². The molecule has 14 heteroatoms. The van der Waals surface area contributed by atoms with Crippen LogP contribution in [0, 0.1) is 18.7 Å². The van der Waals surface area contributed by atoms with Crippen molar-refractivity contribution < 1.29 is 42.9 Å². The van der Waals surface area contributed by atoms with Gasteiger partial charge in [0.25, 0.3) is 5.91 Å². The highest BCUT2D eigenvalue weighted by Crippen LogP contribution is 2.29. The zero-order valence-corrected chi connectivity index (χ0v) is 31.0. The summed E-state index contributed by atoms with van der Waals surface area (Å²) >= 11 is 0. The number of nitrogens with one attached hydrogen (secondary N) is 1. The van der Waals surface area contributed by atoms with Gasteiger partial charge in [-0.3, -0.25) is 19.3 Å². The van der Waals surface area contributed by atoms with Gasteiger partial charge in [-0.1, -0.05) is 19.3 Å². The van der Waals surface area contributed by atoms with Gasteiger partial charge in [-0.15, -0.1) is 0 Å². The number of nitrogens with zero attached hydrogens (tertiary/aromatic N) is 4. The molecular weight excluding hydrogens is 661 g/mol. The molecule has 2 heterocycles. The summed E-state index contributed by atoms with van der Waals surface area (Å²) in [7, 11) is 1.51. The Kier molecular flexibility index (Phi) is 14.2. The first-order valence-electron chi connectivity index (χ1n) is 18.1. The minimum atomic E-state index is -0.854. The predicted molar refractivity (Wildman–Crippen MR) is 190 cm³/mol. The Labute approximate surface area is 300 Å². The molecule has 1 aromatic carbocycles. The molecular formula is C37H56FN5O8. The van der Waals surface area contributed by atoms with Crippen molar-refractivity contribution in [2.45, 2.75) is 91.0 Å². The second kappa shape index (κ2) is 18.1. The van der Waals surface area contributed by atoms with Crippen LogP contribution in [-0.4, -0.2) is 132 Å². The zero-order chi connectivity index (χ0) is 37.3. The fourth-order valence-electron chi connectivity index (χ4n) is 6.70. The van der Waals surface area contributed by atoms with Crippen LogP contribution in [0.5, 0.6) is 0 Å². The van der Waals surface area contributed by atoms with Crippen LogP contribution in [0.3, 0.4) is 0 Å². The Morgan fingerprint density at radius 3 is 2.24 bits per heavy atom. The fraction of sp³-hybridized carbons (Fsp3) is 0.676. The lowest BCUT2D eigenvalue weighted by atomic mass is 9.83. The van der Waals surface area contributed by atoms with Crippen molar-refractivity contribution in [2.75, 3.05) is 66.3 Å². The summed E-state index contributed by atoms with van der Waals surface area (Å²) < 4.78 is 33.4. The first-order valence-corrected chi connectivity index (χ1v) is 18.1. The number of aliphatic hydroxyl groups is 1. The number of fused-ring (bicyclic) bond motifs is 1. The van der Waals surface area contributed by atoms with Crippen LogP contribution in [0.25, 0.3) is 10.9 Å². The quantitative estimate of drug-likeness (QED) is 0.282. The van der Waals surface area contributed by atoms with E-state index in [-0.39, 0.29) is 36.8 Å². The van der Waals surface area contributed by atoms with Gasteiger partial charge < -0.3 is 39.0 Å². The van der Waals surface area contributed by atoms with E-state index in [1.54, 1.807) is 62.6 Å². The summed E-state index contributed by atoms with van der Waals surface area (Å²) in [5.74, 6) is -1.26. The number of piperazine rings is 1. The molecule has 1 saturated carbocycles. The molecule has 4 rings (SSSR count). The summed E-state index contributed by atoms with van der Waals surface area (Å²) in [6.07, 6.45) is 4.05. The van der Waals surface area contributed by atoms with Gasteiger partial charge in [0.1, 0.15) is 17.7 Å². The SMILES string of the molecule is Cc1c(F)c2cc(C(=O)N3CCN(C(=O)[C@@H](NC(=O)[C@H](C)N(C)C(=O)OC(C)(C)C)C4CCCCC4)CC3)ccc2n1CCOCCOCCO. The van der Waals surface area contributed by atoms with Gasteiger partial charge in [-0.2, -0.15) is 0 Å². The average Bonchev–Trinajstić information content (AvgIpc) is 3.36. The molecule has 2 aromatic rings. The lowest BCUT2D eigenvalue weighted by molar-refractivity contribution is -0.140. The molecule has 0 unspecified atom stereocenters. The van der Waals surface area contributed by atoms with Crippen molar-refractivity contribution in [3.8, 4) is 0 Å². The summed E-state index contributed by atoms with van der Waals surface area (Å²) in [4.78, 5) is 58.2. The van der Waals surface area contributed by atoms with Gasteiger partial charge in [0, 0.05) is 50.7 Å². The maximum atomic E-state index is 15.3. The molecule has 1 aliphatic carbocycles. The molecule has 4 amide bonds. The molecule has 0 bridgehead atoms. The van der Waals surface area contributed by atoms with Crippen molar-refractivity contribution in [3.05, 3.63) is 35.3 Å². The van der Waals surface area contributed by atoms with Crippen molar-refractivity contribution in [1.29, 1.82) is 0 Å². The van der Waals surface area contributed by atoms with E-state index in [2.05, 4.69) is 5.32 Å². The second-order valence-electron chi connectivity index (χ2n) is 14.5. The molecule has 2 fully saturated rings. The summed E-state index contributed by atoms with van der Waals surface area (Å²) in [5, 5.41) is 12.1. The van der Waals surface area contributed by atoms with Crippen LogP contribution in [0.2, 0.25) is 0 Å². The standard InChI is InChI=1S/C37H56FN5O8/c1-25-31(38)29-24-28(12-13-30(29)43(25)18-20-49-22-23-50-21-19-44)34(46)41-14-16-42(17-15-41)35(47)32(27-10-8-7-9-11-27)39-33(45)26(2)40(6)36(48)51-37(3,4)5/h12-13,24,26-27,32,44H,7-11,14-23H2,1-6H3,(H,39,45)/t26-,32-/m0/s1. The molecule has 2 N–H and O–H groups in total. The van der Waals surface area contributed by atoms with E-state index in [0.29, 0.717) is 74.7 Å². The van der Waals surface area contributed by atoms with Gasteiger partial charge in [-0.25, -0.2) is 9.18 Å². The maximum Gasteiger partial charge on any atom is 0.410 e. The Balaban J connectivity index is 1.37. The van der Waals surface area contributed by atoms with E-state index in [4.69, 9.17) is 19.3 Å². The van der Waals surface area contributed by atoms with E-state index in [0.717, 1.165) is 32.1 Å². The van der Waals surface area contributed by atoms with Crippen LogP contribution < -0.4 is 5.32 Å². The molecule has 0 spiro atoms. The lowest BCUT2D eigenvalue weighted by Crippen LogP contribution is -2.59. The third-order valence-corrected chi connectivity index (χ3v) is 9.77. The summed E-state index contributed by atoms with van der Waals surface area (Å²) in [5.41, 5.74) is 0.770. The second-order valence-corrected chi connectivity index (χ2v) is 14.5. The smallest absolute Gasteiger partial charge is 0.410 e. The Morgan fingerprint density at radius 2 is 1.61 bits per heavy atom. The third-order valence-electron chi connectivity index (χ3n) is 9.77. The number of aromatic nitrogens is 1. The van der Waals surface area contributed by atoms with Gasteiger partial charge in [0.2, 0.25) is 11.8 Å². The number of aliphatic hydroxyl groups excluding tert-OH is 1. The van der Waals surface area contributed by atoms with Crippen molar-refractivity contribution >= 4 is 34.7 Å². The highest BCUT2D eigenvalue weighted by Gasteiger charge is 2.37. The number of halogens is 1. The van der Waals surface area contributed by atoms with Crippen LogP contribution in [0.15, 0.2) is 18.2 Å². The van der Waals surface area contributed by atoms with Crippen LogP contribution in [0.4, 0.5) is 9.18 Å². The molecule has 2 atom stereocenters. The van der Waals surface area contributed by atoms with Crippen LogP contribution >= 0.6 is 0 Å². The molecule has 51 heavy (non-hydrogen) atoms. The number of hydrogen-bond acceptors (Lipinski definition) is 8. The first-order chi connectivity index (χ1) is 24.2. The van der Waals surface area contributed by atoms with Gasteiger partial charge >= 0.3 is 6.09 Å². The first kappa shape index (κ1) is 40.0. The van der Waals surface area contributed by atoms with Crippen molar-refractivity contribution in [1.82, 2.24) is 24.6 Å². The number of benzene rings is 1. The Hall–Kier alpha value is -3.75. The lowest BCUT2D eigenvalue weighted by Gasteiger charge is -2.39. The topological polar surface area (TPSA) is 143 Å². The summed E-state index contributed by atoms with van der Waals surface area (Å²) in [6, 6.07) is 3.44. The van der Waals surface area contributed by atoms with E-state index in [9.17, 15) is 19.2 Å². The average molecular weight is 718 g/mol. The largest absolute Gasteiger partial charge is 0.444 e. The number of hydrogen-bond donors (Lipinski definition) is 2. The molecule has 1 saturated heterocycles. The van der Waals surface area contributed by atoms with Crippen molar-refractivity contribution in [3.63, 3.8) is 0 Å². The van der Waals surface area contributed by atoms with E-state index in [1.807, 2.05) is 4.57 Å². The van der Waals surface area contributed by atoms with Crippen LogP contribution in [-0.2, 0) is 30.3 Å². The van der Waals surface area contributed by atoms with E-state index >= 15 is 4.39 Å². The monoisotopic (exact) mass is 717 g/mol. The van der Waals surface area contributed by atoms with E-state index in [1.165, 1.54) is 11.9 Å². The van der Waals surface area contributed by atoms with Crippen LogP contribution in [0.1, 0.15) is 75.9 Å². The number of ether oxygens (including phenoxy) is 3. The number of rotatable bonds is 14. The Bertz CT molecular complexity index is 1510. The minimum absolute atomic E-state index is 0.0243. The predicted octanol–water partition coefficient (Wildman–Crippen LogP) is 3.72. The number of likely N-dealkylation sites (N-methyl/N-ethyl adjacent to an activating group) is 1.